The number of aliphatic hydroxyl groups excluding tert-OH is 2. The zero-order valence-corrected chi connectivity index (χ0v) is 7.21. The number of rotatable bonds is 2. The Morgan fingerprint density at radius 3 is 2.58 bits per heavy atom. The van der Waals surface area contributed by atoms with Gasteiger partial charge in [-0.15, -0.1) is 0 Å². The van der Waals surface area contributed by atoms with Crippen LogP contribution in [0.2, 0.25) is 0 Å². The van der Waals surface area contributed by atoms with Crippen molar-refractivity contribution in [2.24, 2.45) is 5.10 Å². The van der Waals surface area contributed by atoms with Gasteiger partial charge in [-0.05, 0) is 0 Å². The van der Waals surface area contributed by atoms with Crippen LogP contribution in [-0.2, 0) is 4.74 Å². The molecule has 5 nitrogen and oxygen atoms in total. The minimum absolute atomic E-state index is 0.172. The first-order valence-electron chi connectivity index (χ1n) is 3.80. The molecule has 0 aliphatic carbocycles. The first-order valence-corrected chi connectivity index (χ1v) is 3.80. The lowest BCUT2D eigenvalue weighted by molar-refractivity contribution is 0.0479. The minimum atomic E-state index is -0.853. The Bertz CT molecular complexity index is 172. The van der Waals surface area contributed by atoms with Gasteiger partial charge in [0.2, 0.25) is 0 Å². The van der Waals surface area contributed by atoms with Gasteiger partial charge in [0, 0.05) is 14.1 Å². The summed E-state index contributed by atoms with van der Waals surface area (Å²) in [5.41, 5.74) is 0. The fourth-order valence-electron chi connectivity index (χ4n) is 0.956. The summed E-state index contributed by atoms with van der Waals surface area (Å²) in [5.74, 6) is 0. The quantitative estimate of drug-likeness (QED) is 0.401. The average Bonchev–Trinajstić information content (AvgIpc) is 2.30. The maximum atomic E-state index is 9.29. The zero-order chi connectivity index (χ0) is 9.14. The second-order valence-electron chi connectivity index (χ2n) is 2.97. The summed E-state index contributed by atoms with van der Waals surface area (Å²) in [6.45, 7) is 0.172. The normalized spacial score (nSPS) is 36.2. The number of hydrogen-bond donors (Lipinski definition) is 2. The topological polar surface area (TPSA) is 65.3 Å². The molecule has 0 radical (unpaired) electrons. The van der Waals surface area contributed by atoms with Crippen LogP contribution in [0.1, 0.15) is 0 Å². The van der Waals surface area contributed by atoms with Gasteiger partial charge in [-0.2, -0.15) is 5.10 Å². The summed E-state index contributed by atoms with van der Waals surface area (Å²) in [6.07, 6.45) is -0.638. The molecule has 12 heavy (non-hydrogen) atoms. The Labute approximate surface area is 71.3 Å². The second-order valence-corrected chi connectivity index (χ2v) is 2.97. The number of hydrazone groups is 1. The highest BCUT2D eigenvalue weighted by Gasteiger charge is 2.33. The van der Waals surface area contributed by atoms with Gasteiger partial charge >= 0.3 is 0 Å². The van der Waals surface area contributed by atoms with Crippen LogP contribution in [0, 0.1) is 0 Å². The fourth-order valence-corrected chi connectivity index (χ4v) is 0.956. The summed E-state index contributed by atoms with van der Waals surface area (Å²) in [4.78, 5) is 0. The molecule has 0 amide bonds. The standard InChI is InChI=1S/C7H14N2O3/c1-9(2)8-3-6-7(11)5(10)4-12-6/h3,5-7,10-11H,4H2,1-2H3/b8-3+/t5-,6+,7-/m1/s1. The predicted molar refractivity (Wildman–Crippen MR) is 43.9 cm³/mol. The van der Waals surface area contributed by atoms with E-state index in [0.717, 1.165) is 0 Å². The predicted octanol–water partition coefficient (Wildman–Crippen LogP) is -1.35. The van der Waals surface area contributed by atoms with Crippen LogP contribution in [0.5, 0.6) is 0 Å². The van der Waals surface area contributed by atoms with Crippen LogP contribution in [0.25, 0.3) is 0 Å². The minimum Gasteiger partial charge on any atom is -0.388 e. The molecule has 5 heteroatoms. The largest absolute Gasteiger partial charge is 0.388 e. The first-order chi connectivity index (χ1) is 5.61. The van der Waals surface area contributed by atoms with Crippen molar-refractivity contribution in [3.05, 3.63) is 0 Å². The maximum absolute atomic E-state index is 9.29. The molecule has 1 aliphatic rings. The van der Waals surface area contributed by atoms with E-state index in [2.05, 4.69) is 5.10 Å². The lowest BCUT2D eigenvalue weighted by atomic mass is 10.2. The first kappa shape index (κ1) is 9.44. The fraction of sp³-hybridized carbons (Fsp3) is 0.857. The van der Waals surface area contributed by atoms with E-state index in [0.29, 0.717) is 0 Å². The summed E-state index contributed by atoms with van der Waals surface area (Å²) in [5, 5.41) is 23.9. The van der Waals surface area contributed by atoms with E-state index >= 15 is 0 Å². The highest BCUT2D eigenvalue weighted by molar-refractivity contribution is 5.64. The second kappa shape index (κ2) is 3.84. The van der Waals surface area contributed by atoms with Crippen molar-refractivity contribution >= 4 is 6.21 Å². The molecule has 0 bridgehead atoms. The van der Waals surface area contributed by atoms with Gasteiger partial charge in [-0.1, -0.05) is 0 Å². The molecule has 1 fully saturated rings. The Morgan fingerprint density at radius 1 is 1.50 bits per heavy atom. The van der Waals surface area contributed by atoms with Crippen LogP contribution < -0.4 is 0 Å². The van der Waals surface area contributed by atoms with Crippen LogP contribution in [-0.4, -0.2) is 60.5 Å². The molecule has 3 atom stereocenters. The molecule has 0 aromatic carbocycles. The molecule has 0 unspecified atom stereocenters. The van der Waals surface area contributed by atoms with Crippen molar-refractivity contribution in [3.63, 3.8) is 0 Å². The summed E-state index contributed by atoms with van der Waals surface area (Å²) < 4.78 is 5.05. The Morgan fingerprint density at radius 2 is 2.17 bits per heavy atom. The Kier molecular flexibility index (Phi) is 3.02. The monoisotopic (exact) mass is 174 g/mol. The van der Waals surface area contributed by atoms with Gasteiger partial charge < -0.3 is 20.0 Å². The molecule has 2 N–H and O–H groups in total. The van der Waals surface area contributed by atoms with E-state index < -0.39 is 18.3 Å². The third-order valence-electron chi connectivity index (χ3n) is 1.63. The van der Waals surface area contributed by atoms with E-state index in [1.807, 2.05) is 0 Å². The molecule has 1 rings (SSSR count). The van der Waals surface area contributed by atoms with E-state index in [-0.39, 0.29) is 6.61 Å². The molecule has 1 heterocycles. The summed E-state index contributed by atoms with van der Waals surface area (Å²) >= 11 is 0. The molecule has 70 valence electrons. The molecule has 0 aromatic rings. The smallest absolute Gasteiger partial charge is 0.123 e. The molecule has 0 aromatic heterocycles. The van der Waals surface area contributed by atoms with E-state index in [1.54, 1.807) is 19.1 Å². The Balaban J connectivity index is 2.44. The van der Waals surface area contributed by atoms with Crippen molar-refractivity contribution in [1.29, 1.82) is 0 Å². The van der Waals surface area contributed by atoms with Crippen LogP contribution >= 0.6 is 0 Å². The number of ether oxygens (including phenoxy) is 1. The molecular weight excluding hydrogens is 160 g/mol. The van der Waals surface area contributed by atoms with Crippen molar-refractivity contribution in [3.8, 4) is 0 Å². The highest BCUT2D eigenvalue weighted by Crippen LogP contribution is 2.12. The van der Waals surface area contributed by atoms with Gasteiger partial charge in [0.1, 0.15) is 18.3 Å². The third-order valence-corrected chi connectivity index (χ3v) is 1.63. The van der Waals surface area contributed by atoms with Crippen molar-refractivity contribution < 1.29 is 14.9 Å². The Hall–Kier alpha value is -0.650. The molecule has 0 saturated carbocycles. The molecule has 0 spiro atoms. The van der Waals surface area contributed by atoms with Gasteiger partial charge in [-0.3, -0.25) is 0 Å². The number of nitrogens with zero attached hydrogens (tertiary/aromatic N) is 2. The van der Waals surface area contributed by atoms with Crippen LogP contribution in [0.4, 0.5) is 0 Å². The van der Waals surface area contributed by atoms with Gasteiger partial charge in [-0.25, -0.2) is 0 Å². The lowest BCUT2D eigenvalue weighted by Gasteiger charge is -2.10. The maximum Gasteiger partial charge on any atom is 0.123 e. The third kappa shape index (κ3) is 2.17. The van der Waals surface area contributed by atoms with Crippen molar-refractivity contribution in [1.82, 2.24) is 5.01 Å². The molecular formula is C7H14N2O3. The summed E-state index contributed by atoms with van der Waals surface area (Å²) in [7, 11) is 3.54. The zero-order valence-electron chi connectivity index (χ0n) is 7.21. The van der Waals surface area contributed by atoms with Gasteiger partial charge in [0.05, 0.1) is 12.8 Å². The van der Waals surface area contributed by atoms with Crippen molar-refractivity contribution in [2.75, 3.05) is 20.7 Å². The van der Waals surface area contributed by atoms with E-state index in [9.17, 15) is 5.11 Å². The lowest BCUT2D eigenvalue weighted by Crippen LogP contribution is -2.31. The van der Waals surface area contributed by atoms with Crippen LogP contribution in [0.3, 0.4) is 0 Å². The van der Waals surface area contributed by atoms with Gasteiger partial charge in [0.15, 0.2) is 0 Å². The van der Waals surface area contributed by atoms with Crippen LogP contribution in [0.15, 0.2) is 5.10 Å². The van der Waals surface area contributed by atoms with E-state index in [4.69, 9.17) is 9.84 Å². The van der Waals surface area contributed by atoms with E-state index in [1.165, 1.54) is 6.21 Å². The van der Waals surface area contributed by atoms with Crippen molar-refractivity contribution in [2.45, 2.75) is 18.3 Å². The number of aliphatic hydroxyl groups is 2. The molecule has 1 aliphatic heterocycles. The highest BCUT2D eigenvalue weighted by atomic mass is 16.5. The SMILES string of the molecule is CN(C)/N=C/[C@@H]1OC[C@@H](O)[C@H]1O. The molecule has 1 saturated heterocycles. The van der Waals surface area contributed by atoms with Gasteiger partial charge in [0.25, 0.3) is 0 Å². The number of hydrogen-bond acceptors (Lipinski definition) is 5. The average molecular weight is 174 g/mol. The summed E-state index contributed by atoms with van der Waals surface area (Å²) in [6, 6.07) is 0.